The van der Waals surface area contributed by atoms with E-state index >= 15 is 0 Å². The fraction of sp³-hybridized carbons (Fsp3) is 0.381. The predicted molar refractivity (Wildman–Crippen MR) is 102 cm³/mol. The number of nitrogens with two attached hydrogens (primary N) is 1. The highest BCUT2D eigenvalue weighted by Crippen LogP contribution is 2.39. The summed E-state index contributed by atoms with van der Waals surface area (Å²) in [7, 11) is 2.01. The van der Waals surface area contributed by atoms with E-state index in [2.05, 4.69) is 27.8 Å². The fourth-order valence-corrected chi connectivity index (χ4v) is 3.89. The van der Waals surface area contributed by atoms with Crippen LogP contribution < -0.4 is 10.5 Å². The number of benzene rings is 2. The summed E-state index contributed by atoms with van der Waals surface area (Å²) in [6.45, 7) is 0.493. The molecule has 1 saturated carbocycles. The lowest BCUT2D eigenvalue weighted by atomic mass is 9.94. The van der Waals surface area contributed by atoms with Crippen LogP contribution in [0.5, 0.6) is 5.75 Å². The van der Waals surface area contributed by atoms with Crippen molar-refractivity contribution in [1.29, 1.82) is 0 Å². The summed E-state index contributed by atoms with van der Waals surface area (Å²) in [5.74, 6) is 2.16. The second kappa shape index (κ2) is 6.74. The largest absolute Gasteiger partial charge is 0.486 e. The molecule has 0 unspecified atom stereocenters. The van der Waals surface area contributed by atoms with E-state index in [0.29, 0.717) is 12.5 Å². The van der Waals surface area contributed by atoms with Gasteiger partial charge in [0.05, 0.1) is 17.6 Å². The molecule has 5 heteroatoms. The molecular formula is C21H25N3O2. The van der Waals surface area contributed by atoms with Crippen LogP contribution in [0.2, 0.25) is 0 Å². The summed E-state index contributed by atoms with van der Waals surface area (Å²) in [5, 5.41) is 9.43. The average molecular weight is 351 g/mol. The van der Waals surface area contributed by atoms with Gasteiger partial charge in [-0.3, -0.25) is 0 Å². The first-order chi connectivity index (χ1) is 12.6. The van der Waals surface area contributed by atoms with E-state index in [0.717, 1.165) is 41.9 Å². The van der Waals surface area contributed by atoms with E-state index in [1.54, 1.807) is 0 Å². The Morgan fingerprint density at radius 2 is 2.00 bits per heavy atom. The van der Waals surface area contributed by atoms with Crippen molar-refractivity contribution in [2.45, 2.75) is 37.3 Å². The van der Waals surface area contributed by atoms with Crippen molar-refractivity contribution in [3.8, 4) is 5.75 Å². The van der Waals surface area contributed by atoms with Crippen LogP contribution in [0.25, 0.3) is 11.0 Å². The molecule has 3 aromatic rings. The number of aryl methyl sites for hydroxylation is 1. The van der Waals surface area contributed by atoms with Crippen LogP contribution in [0.3, 0.4) is 0 Å². The molecule has 2 aromatic carbocycles. The van der Waals surface area contributed by atoms with Gasteiger partial charge < -0.3 is 20.1 Å². The molecule has 1 aliphatic rings. The lowest BCUT2D eigenvalue weighted by molar-refractivity contribution is 0.198. The van der Waals surface area contributed by atoms with Gasteiger partial charge in [-0.15, -0.1) is 0 Å². The molecule has 136 valence electrons. The van der Waals surface area contributed by atoms with Crippen molar-refractivity contribution in [3.63, 3.8) is 0 Å². The van der Waals surface area contributed by atoms with Crippen molar-refractivity contribution in [3.05, 3.63) is 59.9 Å². The molecule has 0 aliphatic heterocycles. The second-order valence-electron chi connectivity index (χ2n) is 7.39. The molecule has 5 nitrogen and oxygen atoms in total. The molecule has 4 rings (SSSR count). The molecule has 1 aromatic heterocycles. The number of fused-ring (bicyclic) bond motifs is 1. The van der Waals surface area contributed by atoms with Crippen molar-refractivity contribution in [2.75, 3.05) is 6.61 Å². The Kier molecular flexibility index (Phi) is 4.42. The van der Waals surface area contributed by atoms with Gasteiger partial charge in [0.15, 0.2) is 0 Å². The van der Waals surface area contributed by atoms with Gasteiger partial charge in [-0.1, -0.05) is 24.3 Å². The zero-order valence-corrected chi connectivity index (χ0v) is 15.1. The zero-order valence-electron chi connectivity index (χ0n) is 15.1. The first-order valence-corrected chi connectivity index (χ1v) is 9.11. The van der Waals surface area contributed by atoms with E-state index < -0.39 is 5.54 Å². The van der Waals surface area contributed by atoms with E-state index in [4.69, 9.17) is 10.5 Å². The quantitative estimate of drug-likeness (QED) is 0.741. The van der Waals surface area contributed by atoms with Crippen molar-refractivity contribution >= 4 is 11.0 Å². The number of rotatable bonds is 5. The van der Waals surface area contributed by atoms with Gasteiger partial charge in [0.2, 0.25) is 0 Å². The summed E-state index contributed by atoms with van der Waals surface area (Å²) >= 11 is 0. The number of aromatic nitrogens is 2. The normalized spacial score (nSPS) is 22.8. The fourth-order valence-electron chi connectivity index (χ4n) is 3.89. The highest BCUT2D eigenvalue weighted by atomic mass is 16.5. The third kappa shape index (κ3) is 3.20. The Labute approximate surface area is 153 Å². The van der Waals surface area contributed by atoms with Crippen LogP contribution >= 0.6 is 0 Å². The number of hydrogen-bond donors (Lipinski definition) is 2. The smallest absolute Gasteiger partial charge is 0.147 e. The first kappa shape index (κ1) is 17.1. The number of imidazole rings is 1. The summed E-state index contributed by atoms with van der Waals surface area (Å²) in [4.78, 5) is 4.63. The van der Waals surface area contributed by atoms with Gasteiger partial charge in [0, 0.05) is 12.6 Å². The number of hydrogen-bond acceptors (Lipinski definition) is 4. The minimum atomic E-state index is -0.417. The van der Waals surface area contributed by atoms with E-state index in [9.17, 15) is 5.11 Å². The van der Waals surface area contributed by atoms with E-state index in [1.165, 1.54) is 5.56 Å². The Balaban J connectivity index is 1.42. The van der Waals surface area contributed by atoms with Crippen LogP contribution in [-0.2, 0) is 13.7 Å². The molecule has 0 amide bonds. The van der Waals surface area contributed by atoms with E-state index in [1.807, 2.05) is 37.4 Å². The molecule has 3 N–H and O–H groups in total. The SMILES string of the molecule is Cn1c(COc2ccc([C@@H]3CC[C@](N)(CO)C3)cc2)nc2ccccc21. The summed E-state index contributed by atoms with van der Waals surface area (Å²) in [6.07, 6.45) is 2.74. The third-order valence-electron chi connectivity index (χ3n) is 5.56. The van der Waals surface area contributed by atoms with Gasteiger partial charge in [0.25, 0.3) is 0 Å². The first-order valence-electron chi connectivity index (χ1n) is 9.11. The maximum atomic E-state index is 9.43. The minimum absolute atomic E-state index is 0.0582. The van der Waals surface area contributed by atoms with Crippen LogP contribution in [0, 0.1) is 0 Å². The summed E-state index contributed by atoms with van der Waals surface area (Å²) in [6, 6.07) is 16.3. The molecule has 2 atom stereocenters. The van der Waals surface area contributed by atoms with Gasteiger partial charge >= 0.3 is 0 Å². The molecule has 0 spiro atoms. The van der Waals surface area contributed by atoms with Crippen molar-refractivity contribution in [2.24, 2.45) is 12.8 Å². The average Bonchev–Trinajstić information content (AvgIpc) is 3.22. The Morgan fingerprint density at radius 1 is 1.23 bits per heavy atom. The van der Waals surface area contributed by atoms with Crippen molar-refractivity contribution in [1.82, 2.24) is 9.55 Å². The molecule has 0 bridgehead atoms. The van der Waals surface area contributed by atoms with Crippen LogP contribution in [0.1, 0.15) is 36.6 Å². The lowest BCUT2D eigenvalue weighted by Gasteiger charge is -2.21. The molecule has 1 aliphatic carbocycles. The molecule has 0 radical (unpaired) electrons. The Bertz CT molecular complexity index is 903. The molecular weight excluding hydrogens is 326 g/mol. The van der Waals surface area contributed by atoms with Gasteiger partial charge in [-0.05, 0) is 55.0 Å². The van der Waals surface area contributed by atoms with E-state index in [-0.39, 0.29) is 6.61 Å². The number of para-hydroxylation sites is 2. The molecule has 26 heavy (non-hydrogen) atoms. The van der Waals surface area contributed by atoms with Crippen LogP contribution in [0.15, 0.2) is 48.5 Å². The Hall–Kier alpha value is -2.37. The van der Waals surface area contributed by atoms with Gasteiger partial charge in [-0.2, -0.15) is 0 Å². The molecule has 1 heterocycles. The maximum absolute atomic E-state index is 9.43. The van der Waals surface area contributed by atoms with Gasteiger partial charge in [-0.25, -0.2) is 4.98 Å². The molecule has 1 fully saturated rings. The Morgan fingerprint density at radius 3 is 2.69 bits per heavy atom. The second-order valence-corrected chi connectivity index (χ2v) is 7.39. The third-order valence-corrected chi connectivity index (χ3v) is 5.56. The predicted octanol–water partition coefficient (Wildman–Crippen LogP) is 3.11. The standard InChI is InChI=1S/C21H25N3O2/c1-24-19-5-3-2-4-18(19)23-20(24)13-26-17-8-6-15(7-9-17)16-10-11-21(22,12-16)14-25/h2-9,16,25H,10-14,22H2,1H3/t16-,21-/m1/s1. The van der Waals surface area contributed by atoms with Gasteiger partial charge in [0.1, 0.15) is 18.2 Å². The molecule has 0 saturated heterocycles. The minimum Gasteiger partial charge on any atom is -0.486 e. The van der Waals surface area contributed by atoms with Crippen LogP contribution in [-0.4, -0.2) is 26.8 Å². The highest BCUT2D eigenvalue weighted by Gasteiger charge is 2.35. The maximum Gasteiger partial charge on any atom is 0.147 e. The topological polar surface area (TPSA) is 73.3 Å². The monoisotopic (exact) mass is 351 g/mol. The van der Waals surface area contributed by atoms with Crippen molar-refractivity contribution < 1.29 is 9.84 Å². The number of aliphatic hydroxyl groups excluding tert-OH is 1. The lowest BCUT2D eigenvalue weighted by Crippen LogP contribution is -2.40. The zero-order chi connectivity index (χ0) is 18.1. The number of ether oxygens (including phenoxy) is 1. The summed E-state index contributed by atoms with van der Waals surface area (Å²) < 4.78 is 8.00. The highest BCUT2D eigenvalue weighted by molar-refractivity contribution is 5.75. The number of aliphatic hydroxyl groups is 1. The summed E-state index contributed by atoms with van der Waals surface area (Å²) in [5.41, 5.74) is 9.13. The number of nitrogens with zero attached hydrogens (tertiary/aromatic N) is 2. The van der Waals surface area contributed by atoms with Crippen LogP contribution in [0.4, 0.5) is 0 Å².